The summed E-state index contributed by atoms with van der Waals surface area (Å²) in [7, 11) is 0. The zero-order chi connectivity index (χ0) is 22.9. The van der Waals surface area contributed by atoms with Gasteiger partial charge in [0.15, 0.2) is 0 Å². The minimum atomic E-state index is -0.681. The van der Waals surface area contributed by atoms with Gasteiger partial charge in [-0.1, -0.05) is 54.1 Å². The largest absolute Gasteiger partial charge is 0.327 e. The maximum absolute atomic E-state index is 13.8. The first kappa shape index (κ1) is 21.2. The number of carbonyl (C=O) groups excluding carboxylic acids is 2. The van der Waals surface area contributed by atoms with Gasteiger partial charge in [-0.2, -0.15) is 0 Å². The van der Waals surface area contributed by atoms with Crippen molar-refractivity contribution in [1.82, 2.24) is 14.5 Å². The second kappa shape index (κ2) is 8.71. The normalized spacial score (nSPS) is 17.8. The molecule has 2 amide bonds. The molecule has 0 aliphatic carbocycles. The predicted octanol–water partition coefficient (Wildman–Crippen LogP) is 5.36. The molecule has 0 bridgehead atoms. The fourth-order valence-corrected chi connectivity index (χ4v) is 4.54. The molecule has 0 fully saturated rings. The van der Waals surface area contributed by atoms with E-state index in [9.17, 15) is 9.59 Å². The Balaban J connectivity index is 1.50. The third kappa shape index (κ3) is 4.10. The van der Waals surface area contributed by atoms with Crippen LogP contribution in [-0.4, -0.2) is 26.3 Å². The van der Waals surface area contributed by atoms with Crippen LogP contribution >= 0.6 is 11.6 Å². The van der Waals surface area contributed by atoms with Gasteiger partial charge in [0.05, 0.1) is 23.5 Å². The first-order chi connectivity index (χ1) is 16.0. The number of amides is 2. The quantitative estimate of drug-likeness (QED) is 0.437. The van der Waals surface area contributed by atoms with Gasteiger partial charge in [0.2, 0.25) is 11.8 Å². The second-order valence-electron chi connectivity index (χ2n) is 8.23. The van der Waals surface area contributed by atoms with Gasteiger partial charge in [0.1, 0.15) is 11.9 Å². The van der Waals surface area contributed by atoms with Gasteiger partial charge in [-0.3, -0.25) is 9.59 Å². The number of para-hydroxylation sites is 2. The Morgan fingerprint density at radius 3 is 2.45 bits per heavy atom. The summed E-state index contributed by atoms with van der Waals surface area (Å²) in [5, 5.41) is 3.47. The molecule has 0 unspecified atom stereocenters. The van der Waals surface area contributed by atoms with E-state index < -0.39 is 6.04 Å². The summed E-state index contributed by atoms with van der Waals surface area (Å²) in [5.41, 5.74) is 3.35. The fourth-order valence-electron chi connectivity index (χ4n) is 4.41. The Morgan fingerprint density at radius 2 is 1.70 bits per heavy atom. The number of aromatic nitrogens is 2. The lowest BCUT2D eigenvalue weighted by molar-refractivity contribution is -0.142. The van der Waals surface area contributed by atoms with Crippen LogP contribution in [0.1, 0.15) is 36.8 Å². The zero-order valence-electron chi connectivity index (χ0n) is 18.1. The van der Waals surface area contributed by atoms with Crippen molar-refractivity contribution in [2.24, 2.45) is 0 Å². The molecule has 1 aliphatic heterocycles. The molecule has 0 saturated heterocycles. The first-order valence-corrected chi connectivity index (χ1v) is 11.3. The van der Waals surface area contributed by atoms with E-state index in [1.807, 2.05) is 71.0 Å². The fraction of sp³-hybridized carbons (Fsp3) is 0.192. The summed E-state index contributed by atoms with van der Waals surface area (Å²) in [6, 6.07) is 23.6. The van der Waals surface area contributed by atoms with E-state index in [2.05, 4.69) is 5.32 Å². The van der Waals surface area contributed by atoms with Crippen LogP contribution in [0.15, 0.2) is 78.9 Å². The molecule has 0 radical (unpaired) electrons. The smallest absolute Gasteiger partial charge is 0.247 e. The zero-order valence-corrected chi connectivity index (χ0v) is 18.9. The maximum Gasteiger partial charge on any atom is 0.247 e. The number of carbonyl (C=O) groups is 2. The molecule has 0 spiro atoms. The van der Waals surface area contributed by atoms with Crippen molar-refractivity contribution in [2.75, 3.05) is 5.32 Å². The molecule has 3 aromatic carbocycles. The number of hydrogen-bond acceptors (Lipinski definition) is 3. The molecular formula is C26H23ClN4O2. The Bertz CT molecular complexity index is 1320. The van der Waals surface area contributed by atoms with E-state index >= 15 is 0 Å². The number of rotatable bonds is 5. The third-order valence-electron chi connectivity index (χ3n) is 6.05. The topological polar surface area (TPSA) is 67.2 Å². The van der Waals surface area contributed by atoms with E-state index in [0.717, 1.165) is 22.4 Å². The van der Waals surface area contributed by atoms with Crippen LogP contribution in [0.2, 0.25) is 5.02 Å². The SMILES string of the molecule is C[C@@H]1c2nc3ccccc3n2[C@@H](CC(=O)Nc2ccc(Cl)cc2)C(=O)N1Cc1ccccc1. The Morgan fingerprint density at radius 1 is 1.00 bits per heavy atom. The summed E-state index contributed by atoms with van der Waals surface area (Å²) in [5.74, 6) is 0.456. The average molecular weight is 459 g/mol. The van der Waals surface area contributed by atoms with E-state index in [-0.39, 0.29) is 24.3 Å². The van der Waals surface area contributed by atoms with E-state index in [1.54, 1.807) is 24.3 Å². The molecule has 1 N–H and O–H groups in total. The van der Waals surface area contributed by atoms with E-state index in [0.29, 0.717) is 17.3 Å². The number of nitrogens with one attached hydrogen (secondary N) is 1. The maximum atomic E-state index is 13.8. The number of halogens is 1. The second-order valence-corrected chi connectivity index (χ2v) is 8.67. The van der Waals surface area contributed by atoms with Gasteiger partial charge in [-0.15, -0.1) is 0 Å². The monoisotopic (exact) mass is 458 g/mol. The van der Waals surface area contributed by atoms with Crippen molar-refractivity contribution in [3.8, 4) is 0 Å². The number of nitrogens with zero attached hydrogens (tertiary/aromatic N) is 3. The lowest BCUT2D eigenvalue weighted by Gasteiger charge is -2.38. The average Bonchev–Trinajstić information content (AvgIpc) is 3.21. The summed E-state index contributed by atoms with van der Waals surface area (Å²) >= 11 is 5.95. The molecule has 1 aliphatic rings. The van der Waals surface area contributed by atoms with Crippen molar-refractivity contribution < 1.29 is 9.59 Å². The predicted molar refractivity (Wildman–Crippen MR) is 129 cm³/mol. The summed E-state index contributed by atoms with van der Waals surface area (Å²) in [6.07, 6.45) is 0.00677. The van der Waals surface area contributed by atoms with Crippen molar-refractivity contribution in [3.63, 3.8) is 0 Å². The van der Waals surface area contributed by atoms with Crippen LogP contribution < -0.4 is 5.32 Å². The highest BCUT2D eigenvalue weighted by Crippen LogP contribution is 2.37. The van der Waals surface area contributed by atoms with E-state index in [1.165, 1.54) is 0 Å². The Labute approximate surface area is 196 Å². The van der Waals surface area contributed by atoms with Crippen LogP contribution in [0.3, 0.4) is 0 Å². The molecule has 2 atom stereocenters. The highest BCUT2D eigenvalue weighted by molar-refractivity contribution is 6.30. The molecule has 0 saturated carbocycles. The lowest BCUT2D eigenvalue weighted by atomic mass is 10.0. The minimum Gasteiger partial charge on any atom is -0.327 e. The van der Waals surface area contributed by atoms with Crippen LogP contribution in [-0.2, 0) is 16.1 Å². The summed E-state index contributed by atoms with van der Waals surface area (Å²) in [4.78, 5) is 33.4. The molecule has 7 heteroatoms. The Kier molecular flexibility index (Phi) is 5.60. The van der Waals surface area contributed by atoms with Gasteiger partial charge in [0, 0.05) is 17.3 Å². The van der Waals surface area contributed by atoms with Gasteiger partial charge in [-0.05, 0) is 48.9 Å². The molecule has 6 nitrogen and oxygen atoms in total. The molecule has 1 aromatic heterocycles. The van der Waals surface area contributed by atoms with Crippen LogP contribution in [0.5, 0.6) is 0 Å². The number of imidazole rings is 1. The summed E-state index contributed by atoms with van der Waals surface area (Å²) in [6.45, 7) is 2.45. The van der Waals surface area contributed by atoms with Gasteiger partial charge < -0.3 is 14.8 Å². The van der Waals surface area contributed by atoms with Crippen molar-refractivity contribution >= 4 is 40.1 Å². The van der Waals surface area contributed by atoms with Crippen molar-refractivity contribution in [2.45, 2.75) is 32.0 Å². The first-order valence-electron chi connectivity index (χ1n) is 10.9. The third-order valence-corrected chi connectivity index (χ3v) is 6.30. The lowest BCUT2D eigenvalue weighted by Crippen LogP contribution is -2.45. The van der Waals surface area contributed by atoms with Crippen molar-refractivity contribution in [1.29, 1.82) is 0 Å². The standard InChI is InChI=1S/C26H23ClN4O2/c1-17-25-29-21-9-5-6-10-22(21)31(25)23(15-24(32)28-20-13-11-19(27)12-14-20)26(33)30(17)16-18-7-3-2-4-8-18/h2-14,17,23H,15-16H2,1H3,(H,28,32)/t17-,23+/m1/s1. The van der Waals surface area contributed by atoms with Crippen LogP contribution in [0.4, 0.5) is 5.69 Å². The van der Waals surface area contributed by atoms with Crippen LogP contribution in [0.25, 0.3) is 11.0 Å². The van der Waals surface area contributed by atoms with Gasteiger partial charge in [0.25, 0.3) is 0 Å². The molecule has 2 heterocycles. The van der Waals surface area contributed by atoms with Gasteiger partial charge in [-0.25, -0.2) is 4.98 Å². The van der Waals surface area contributed by atoms with E-state index in [4.69, 9.17) is 16.6 Å². The molecular weight excluding hydrogens is 436 g/mol. The molecule has 4 aromatic rings. The highest BCUT2D eigenvalue weighted by atomic mass is 35.5. The molecule has 166 valence electrons. The highest BCUT2D eigenvalue weighted by Gasteiger charge is 2.40. The number of benzene rings is 3. The number of fused-ring (bicyclic) bond motifs is 3. The summed E-state index contributed by atoms with van der Waals surface area (Å²) < 4.78 is 1.94. The molecule has 33 heavy (non-hydrogen) atoms. The van der Waals surface area contributed by atoms with Crippen LogP contribution in [0, 0.1) is 0 Å². The molecule has 5 rings (SSSR count). The van der Waals surface area contributed by atoms with Crippen molar-refractivity contribution in [3.05, 3.63) is 95.3 Å². The number of hydrogen-bond donors (Lipinski definition) is 1. The van der Waals surface area contributed by atoms with Gasteiger partial charge >= 0.3 is 0 Å². The Hall–Kier alpha value is -3.64. The minimum absolute atomic E-state index is 0.00677. The number of anilines is 1.